The molecule has 1 fully saturated rings. The molecule has 1 aromatic heterocycles. The highest BCUT2D eigenvalue weighted by Crippen LogP contribution is 2.51. The van der Waals surface area contributed by atoms with Gasteiger partial charge in [-0.1, -0.05) is 24.3 Å². The molecule has 0 radical (unpaired) electrons. The molecule has 0 saturated heterocycles. The van der Waals surface area contributed by atoms with E-state index in [4.69, 9.17) is 0 Å². The number of anilines is 1. The topological polar surface area (TPSA) is 44.9 Å². The summed E-state index contributed by atoms with van der Waals surface area (Å²) in [5.41, 5.74) is 0.546. The Hall–Kier alpha value is -2.76. The van der Waals surface area contributed by atoms with Crippen molar-refractivity contribution in [1.29, 1.82) is 0 Å². The maximum atomic E-state index is 12.8. The SMILES string of the molecule is O=C(Nc1cccc(C(F)(F)F)c1)C1(c2c[nH]c3ccccc23)CC1. The van der Waals surface area contributed by atoms with Gasteiger partial charge < -0.3 is 10.3 Å². The molecule has 0 aliphatic heterocycles. The molecule has 1 aliphatic carbocycles. The van der Waals surface area contributed by atoms with Gasteiger partial charge >= 0.3 is 6.18 Å². The van der Waals surface area contributed by atoms with Crippen LogP contribution in [-0.4, -0.2) is 10.9 Å². The lowest BCUT2D eigenvalue weighted by Gasteiger charge is -2.16. The molecular formula is C19H15F3N2O. The van der Waals surface area contributed by atoms with E-state index in [0.29, 0.717) is 12.8 Å². The van der Waals surface area contributed by atoms with Crippen molar-refractivity contribution in [1.82, 2.24) is 4.98 Å². The molecule has 1 aliphatic rings. The molecular weight excluding hydrogens is 329 g/mol. The normalized spacial score (nSPS) is 16.0. The Labute approximate surface area is 141 Å². The van der Waals surface area contributed by atoms with E-state index in [2.05, 4.69) is 10.3 Å². The van der Waals surface area contributed by atoms with Crippen molar-refractivity contribution < 1.29 is 18.0 Å². The van der Waals surface area contributed by atoms with E-state index >= 15 is 0 Å². The zero-order valence-electron chi connectivity index (χ0n) is 13.2. The number of fused-ring (bicyclic) bond motifs is 1. The van der Waals surface area contributed by atoms with Crippen LogP contribution in [0.15, 0.2) is 54.7 Å². The third kappa shape index (κ3) is 2.67. The number of benzene rings is 2. The number of nitrogens with one attached hydrogen (secondary N) is 2. The zero-order valence-corrected chi connectivity index (χ0v) is 13.2. The Morgan fingerprint density at radius 3 is 2.56 bits per heavy atom. The first-order valence-electron chi connectivity index (χ1n) is 7.95. The number of halogens is 3. The maximum Gasteiger partial charge on any atom is 0.416 e. The first-order valence-corrected chi connectivity index (χ1v) is 7.95. The summed E-state index contributed by atoms with van der Waals surface area (Å²) in [4.78, 5) is 15.9. The predicted octanol–water partition coefficient (Wildman–Crippen LogP) is 4.86. The monoisotopic (exact) mass is 344 g/mol. The minimum atomic E-state index is -4.44. The highest BCUT2D eigenvalue weighted by atomic mass is 19.4. The Morgan fingerprint density at radius 2 is 1.84 bits per heavy atom. The van der Waals surface area contributed by atoms with Gasteiger partial charge in [0.1, 0.15) is 0 Å². The van der Waals surface area contributed by atoms with Crippen molar-refractivity contribution in [3.05, 3.63) is 65.9 Å². The summed E-state index contributed by atoms with van der Waals surface area (Å²) >= 11 is 0. The average Bonchev–Trinajstić information content (AvgIpc) is 3.28. The lowest BCUT2D eigenvalue weighted by atomic mass is 9.94. The minimum Gasteiger partial charge on any atom is -0.361 e. The molecule has 0 unspecified atom stereocenters. The Kier molecular flexibility index (Phi) is 3.39. The molecule has 3 nitrogen and oxygen atoms in total. The molecule has 128 valence electrons. The van der Waals surface area contributed by atoms with Crippen molar-refractivity contribution in [3.8, 4) is 0 Å². The van der Waals surface area contributed by atoms with E-state index in [1.165, 1.54) is 12.1 Å². The van der Waals surface area contributed by atoms with Crippen LogP contribution in [0.2, 0.25) is 0 Å². The van der Waals surface area contributed by atoms with Gasteiger partial charge in [0.05, 0.1) is 11.0 Å². The van der Waals surface area contributed by atoms with E-state index < -0.39 is 17.2 Å². The quantitative estimate of drug-likeness (QED) is 0.700. The molecule has 0 spiro atoms. The summed E-state index contributed by atoms with van der Waals surface area (Å²) in [5, 5.41) is 3.63. The van der Waals surface area contributed by atoms with Gasteiger partial charge in [0.15, 0.2) is 0 Å². The van der Waals surface area contributed by atoms with Crippen LogP contribution in [0.3, 0.4) is 0 Å². The fourth-order valence-electron chi connectivity index (χ4n) is 3.24. The molecule has 1 heterocycles. The van der Waals surface area contributed by atoms with E-state index in [1.807, 2.05) is 30.5 Å². The number of para-hydroxylation sites is 1. The average molecular weight is 344 g/mol. The second-order valence-electron chi connectivity index (χ2n) is 6.36. The Balaban J connectivity index is 1.63. The molecule has 2 N–H and O–H groups in total. The Bertz CT molecular complexity index is 954. The van der Waals surface area contributed by atoms with Crippen LogP contribution in [-0.2, 0) is 16.4 Å². The molecule has 3 aromatic rings. The molecule has 1 amide bonds. The first kappa shape index (κ1) is 15.7. The van der Waals surface area contributed by atoms with Crippen molar-refractivity contribution in [2.45, 2.75) is 24.4 Å². The van der Waals surface area contributed by atoms with Crippen molar-refractivity contribution in [2.24, 2.45) is 0 Å². The number of carbonyl (C=O) groups excluding carboxylic acids is 1. The molecule has 2 aromatic carbocycles. The summed E-state index contributed by atoms with van der Waals surface area (Å²) in [7, 11) is 0. The Morgan fingerprint density at radius 1 is 1.08 bits per heavy atom. The number of aromatic nitrogens is 1. The van der Waals surface area contributed by atoms with Gasteiger partial charge in [-0.2, -0.15) is 13.2 Å². The third-order valence-corrected chi connectivity index (χ3v) is 4.74. The van der Waals surface area contributed by atoms with Gasteiger partial charge in [-0.15, -0.1) is 0 Å². The van der Waals surface area contributed by atoms with Crippen LogP contribution in [0.5, 0.6) is 0 Å². The third-order valence-electron chi connectivity index (χ3n) is 4.74. The molecule has 0 bridgehead atoms. The highest BCUT2D eigenvalue weighted by Gasteiger charge is 2.52. The van der Waals surface area contributed by atoms with Crippen LogP contribution >= 0.6 is 0 Å². The first-order chi connectivity index (χ1) is 11.9. The minimum absolute atomic E-state index is 0.158. The van der Waals surface area contributed by atoms with Crippen LogP contribution in [0.4, 0.5) is 18.9 Å². The van der Waals surface area contributed by atoms with Gasteiger partial charge in [0.25, 0.3) is 0 Å². The van der Waals surface area contributed by atoms with Crippen LogP contribution in [0, 0.1) is 0 Å². The summed E-state index contributed by atoms with van der Waals surface area (Å²) in [6.07, 6.45) is -1.25. The molecule has 0 atom stereocenters. The standard InChI is InChI=1S/C19H15F3N2O/c20-19(21,22)12-4-3-5-13(10-12)24-17(25)18(8-9-18)15-11-23-16-7-2-1-6-14(15)16/h1-7,10-11,23H,8-9H2,(H,24,25). The van der Waals surface area contributed by atoms with Gasteiger partial charge in [0.2, 0.25) is 5.91 Å². The molecule has 6 heteroatoms. The van der Waals surface area contributed by atoms with Crippen LogP contribution in [0.25, 0.3) is 10.9 Å². The fourth-order valence-corrected chi connectivity index (χ4v) is 3.24. The van der Waals surface area contributed by atoms with Gasteiger partial charge in [-0.25, -0.2) is 0 Å². The van der Waals surface area contributed by atoms with E-state index in [1.54, 1.807) is 0 Å². The van der Waals surface area contributed by atoms with Gasteiger partial charge in [-0.05, 0) is 42.7 Å². The smallest absolute Gasteiger partial charge is 0.361 e. The number of alkyl halides is 3. The summed E-state index contributed by atoms with van der Waals surface area (Å²) in [6, 6.07) is 12.4. The zero-order chi connectivity index (χ0) is 17.7. The second-order valence-corrected chi connectivity index (χ2v) is 6.36. The van der Waals surface area contributed by atoms with E-state index in [-0.39, 0.29) is 11.6 Å². The van der Waals surface area contributed by atoms with Crippen molar-refractivity contribution >= 4 is 22.5 Å². The van der Waals surface area contributed by atoms with Gasteiger partial charge in [-0.3, -0.25) is 4.79 Å². The summed E-state index contributed by atoms with van der Waals surface area (Å²) in [5.74, 6) is -0.267. The number of hydrogen-bond donors (Lipinski definition) is 2. The fraction of sp³-hybridized carbons (Fsp3) is 0.211. The number of carbonyl (C=O) groups is 1. The van der Waals surface area contributed by atoms with Crippen molar-refractivity contribution in [3.63, 3.8) is 0 Å². The lowest BCUT2D eigenvalue weighted by molar-refractivity contribution is -0.137. The number of amides is 1. The largest absolute Gasteiger partial charge is 0.416 e. The van der Waals surface area contributed by atoms with Gasteiger partial charge in [0, 0.05) is 22.8 Å². The van der Waals surface area contributed by atoms with E-state index in [0.717, 1.165) is 28.6 Å². The molecule has 1 saturated carbocycles. The van der Waals surface area contributed by atoms with E-state index in [9.17, 15) is 18.0 Å². The predicted molar refractivity (Wildman–Crippen MR) is 89.3 cm³/mol. The van der Waals surface area contributed by atoms with Crippen LogP contribution in [0.1, 0.15) is 24.0 Å². The number of H-pyrrole nitrogens is 1. The lowest BCUT2D eigenvalue weighted by Crippen LogP contribution is -2.27. The van der Waals surface area contributed by atoms with Crippen molar-refractivity contribution in [2.75, 3.05) is 5.32 Å². The number of aromatic amines is 1. The molecule has 4 rings (SSSR count). The second kappa shape index (κ2) is 5.37. The highest BCUT2D eigenvalue weighted by molar-refractivity contribution is 6.04. The number of rotatable bonds is 3. The van der Waals surface area contributed by atoms with Crippen LogP contribution < -0.4 is 5.32 Å². The summed E-state index contributed by atoms with van der Waals surface area (Å²) in [6.45, 7) is 0. The number of hydrogen-bond acceptors (Lipinski definition) is 1. The maximum absolute atomic E-state index is 12.8. The summed E-state index contributed by atoms with van der Waals surface area (Å²) < 4.78 is 38.5. The molecule has 25 heavy (non-hydrogen) atoms.